The van der Waals surface area contributed by atoms with E-state index in [9.17, 15) is 4.79 Å². The highest BCUT2D eigenvalue weighted by Gasteiger charge is 2.20. The predicted molar refractivity (Wildman–Crippen MR) is 66.1 cm³/mol. The molecule has 1 heterocycles. The van der Waals surface area contributed by atoms with Crippen molar-refractivity contribution in [1.29, 1.82) is 0 Å². The van der Waals surface area contributed by atoms with Crippen molar-refractivity contribution in [2.45, 2.75) is 39.2 Å². The van der Waals surface area contributed by atoms with Crippen LogP contribution >= 0.6 is 0 Å². The summed E-state index contributed by atoms with van der Waals surface area (Å²) in [5.41, 5.74) is 5.52. The molecule has 0 radical (unpaired) electrons. The zero-order chi connectivity index (χ0) is 12.0. The van der Waals surface area contributed by atoms with E-state index < -0.39 is 0 Å². The van der Waals surface area contributed by atoms with Crippen LogP contribution in [0.5, 0.6) is 0 Å². The number of nitrogens with two attached hydrogens (primary N) is 1. The number of likely N-dealkylation sites (tertiary alicyclic amines) is 1. The Kier molecular flexibility index (Phi) is 5.77. The van der Waals surface area contributed by atoms with Gasteiger partial charge in [0.05, 0.1) is 0 Å². The Hall–Kier alpha value is -0.610. The van der Waals surface area contributed by atoms with E-state index in [2.05, 4.69) is 24.1 Å². The molecule has 0 aromatic rings. The molecule has 4 heteroatoms. The third-order valence-corrected chi connectivity index (χ3v) is 2.99. The maximum atomic E-state index is 11.6. The molecule has 3 N–H and O–H groups in total. The summed E-state index contributed by atoms with van der Waals surface area (Å²) in [5, 5.41) is 3.12. The van der Waals surface area contributed by atoms with Crippen LogP contribution < -0.4 is 11.1 Å². The van der Waals surface area contributed by atoms with Crippen molar-refractivity contribution in [2.24, 2.45) is 11.7 Å². The lowest BCUT2D eigenvalue weighted by atomic mass is 10.0. The number of carbonyl (C=O) groups excluding carboxylic acids is 1. The molecule has 94 valence electrons. The Morgan fingerprint density at radius 2 is 2.06 bits per heavy atom. The van der Waals surface area contributed by atoms with E-state index in [1.165, 1.54) is 0 Å². The van der Waals surface area contributed by atoms with E-state index in [4.69, 9.17) is 5.73 Å². The quantitative estimate of drug-likeness (QED) is 0.722. The number of rotatable bonds is 5. The topological polar surface area (TPSA) is 58.4 Å². The van der Waals surface area contributed by atoms with Gasteiger partial charge in [0, 0.05) is 38.6 Å². The first kappa shape index (κ1) is 13.5. The fraction of sp³-hybridized carbons (Fsp3) is 0.917. The summed E-state index contributed by atoms with van der Waals surface area (Å²) < 4.78 is 0. The van der Waals surface area contributed by atoms with Crippen molar-refractivity contribution in [2.75, 3.05) is 26.2 Å². The molecule has 1 saturated heterocycles. The van der Waals surface area contributed by atoms with Crippen molar-refractivity contribution < 1.29 is 4.79 Å². The minimum absolute atomic E-state index is 0.201. The van der Waals surface area contributed by atoms with Gasteiger partial charge in [0.15, 0.2) is 0 Å². The summed E-state index contributed by atoms with van der Waals surface area (Å²) in [4.78, 5) is 14.0. The Balaban J connectivity index is 2.19. The minimum atomic E-state index is 0.201. The second-order valence-corrected chi connectivity index (χ2v) is 5.07. The van der Waals surface area contributed by atoms with Crippen molar-refractivity contribution in [3.05, 3.63) is 0 Å². The average Bonchev–Trinajstić information content (AvgIpc) is 2.20. The standard InChI is InChI=1S/C12H25N3O/c1-10(2)9-12(16)14-11-3-6-15(7-4-11)8-5-13/h10-11H,3-9,13H2,1-2H3,(H,14,16). The Labute approximate surface area is 98.6 Å². The molecule has 4 nitrogen and oxygen atoms in total. The van der Waals surface area contributed by atoms with Crippen LogP contribution in [0.15, 0.2) is 0 Å². The van der Waals surface area contributed by atoms with Crippen molar-refractivity contribution in [3.63, 3.8) is 0 Å². The molecule has 1 rings (SSSR count). The fourth-order valence-corrected chi connectivity index (χ4v) is 2.14. The molecule has 0 saturated carbocycles. The van der Waals surface area contributed by atoms with Crippen LogP contribution in [0.3, 0.4) is 0 Å². The van der Waals surface area contributed by atoms with E-state index >= 15 is 0 Å². The number of nitrogens with one attached hydrogen (secondary N) is 1. The van der Waals surface area contributed by atoms with Crippen LogP contribution in [-0.2, 0) is 4.79 Å². The summed E-state index contributed by atoms with van der Waals surface area (Å²) in [6.07, 6.45) is 2.76. The largest absolute Gasteiger partial charge is 0.353 e. The summed E-state index contributed by atoms with van der Waals surface area (Å²) >= 11 is 0. The van der Waals surface area contributed by atoms with Crippen molar-refractivity contribution in [1.82, 2.24) is 10.2 Å². The molecule has 1 fully saturated rings. The minimum Gasteiger partial charge on any atom is -0.353 e. The van der Waals surface area contributed by atoms with Gasteiger partial charge in [0.2, 0.25) is 5.91 Å². The smallest absolute Gasteiger partial charge is 0.220 e. The fourth-order valence-electron chi connectivity index (χ4n) is 2.14. The summed E-state index contributed by atoms with van der Waals surface area (Å²) in [6, 6.07) is 0.375. The first-order valence-corrected chi connectivity index (χ1v) is 6.33. The molecule has 0 aromatic carbocycles. The van der Waals surface area contributed by atoms with Gasteiger partial charge in [0.1, 0.15) is 0 Å². The summed E-state index contributed by atoms with van der Waals surface area (Å²) in [6.45, 7) is 7.97. The molecule has 1 aliphatic rings. The lowest BCUT2D eigenvalue weighted by Gasteiger charge is -2.32. The number of hydrogen-bond donors (Lipinski definition) is 2. The van der Waals surface area contributed by atoms with E-state index in [1.54, 1.807) is 0 Å². The SMILES string of the molecule is CC(C)CC(=O)NC1CCN(CCN)CC1. The number of nitrogens with zero attached hydrogens (tertiary/aromatic N) is 1. The van der Waals surface area contributed by atoms with Crippen molar-refractivity contribution in [3.8, 4) is 0 Å². The van der Waals surface area contributed by atoms with E-state index in [-0.39, 0.29) is 5.91 Å². The summed E-state index contributed by atoms with van der Waals surface area (Å²) in [7, 11) is 0. The van der Waals surface area contributed by atoms with E-state index in [0.29, 0.717) is 18.4 Å². The van der Waals surface area contributed by atoms with Crippen LogP contribution in [0.2, 0.25) is 0 Å². The zero-order valence-electron chi connectivity index (χ0n) is 10.5. The normalized spacial score (nSPS) is 19.0. The van der Waals surface area contributed by atoms with Gasteiger partial charge in [-0.3, -0.25) is 4.79 Å². The van der Waals surface area contributed by atoms with Gasteiger partial charge in [-0.1, -0.05) is 13.8 Å². The number of piperidine rings is 1. The van der Waals surface area contributed by atoms with Gasteiger partial charge < -0.3 is 16.0 Å². The average molecular weight is 227 g/mol. The molecule has 0 unspecified atom stereocenters. The second kappa shape index (κ2) is 6.86. The Bertz CT molecular complexity index is 210. The van der Waals surface area contributed by atoms with E-state index in [1.807, 2.05) is 0 Å². The van der Waals surface area contributed by atoms with Crippen LogP contribution in [-0.4, -0.2) is 43.0 Å². The molecule has 0 aliphatic carbocycles. The van der Waals surface area contributed by atoms with E-state index in [0.717, 1.165) is 39.0 Å². The molecular weight excluding hydrogens is 202 g/mol. The Morgan fingerprint density at radius 1 is 1.44 bits per heavy atom. The highest BCUT2D eigenvalue weighted by Crippen LogP contribution is 2.10. The number of amides is 1. The third kappa shape index (κ3) is 4.94. The molecule has 1 aliphatic heterocycles. The lowest BCUT2D eigenvalue weighted by Crippen LogP contribution is -2.45. The second-order valence-electron chi connectivity index (χ2n) is 5.07. The molecule has 0 bridgehead atoms. The van der Waals surface area contributed by atoms with Gasteiger partial charge in [-0.2, -0.15) is 0 Å². The number of carbonyl (C=O) groups is 1. The monoisotopic (exact) mass is 227 g/mol. The third-order valence-electron chi connectivity index (χ3n) is 2.99. The van der Waals surface area contributed by atoms with Gasteiger partial charge in [-0.25, -0.2) is 0 Å². The maximum absolute atomic E-state index is 11.6. The van der Waals surface area contributed by atoms with Crippen LogP contribution in [0.1, 0.15) is 33.1 Å². The van der Waals surface area contributed by atoms with Gasteiger partial charge in [-0.15, -0.1) is 0 Å². The van der Waals surface area contributed by atoms with Crippen LogP contribution in [0.25, 0.3) is 0 Å². The van der Waals surface area contributed by atoms with Gasteiger partial charge in [-0.05, 0) is 18.8 Å². The maximum Gasteiger partial charge on any atom is 0.220 e. The molecule has 1 amide bonds. The Morgan fingerprint density at radius 3 is 2.56 bits per heavy atom. The molecule has 0 spiro atoms. The van der Waals surface area contributed by atoms with Gasteiger partial charge in [0.25, 0.3) is 0 Å². The van der Waals surface area contributed by atoms with Gasteiger partial charge >= 0.3 is 0 Å². The molecule has 0 atom stereocenters. The first-order valence-electron chi connectivity index (χ1n) is 6.33. The van der Waals surface area contributed by atoms with Crippen LogP contribution in [0.4, 0.5) is 0 Å². The van der Waals surface area contributed by atoms with Crippen LogP contribution in [0, 0.1) is 5.92 Å². The van der Waals surface area contributed by atoms with Crippen molar-refractivity contribution >= 4 is 5.91 Å². The first-order chi connectivity index (χ1) is 7.61. The number of hydrogen-bond acceptors (Lipinski definition) is 3. The zero-order valence-corrected chi connectivity index (χ0v) is 10.5. The molecule has 0 aromatic heterocycles. The molecular formula is C12H25N3O. The summed E-state index contributed by atoms with van der Waals surface area (Å²) in [5.74, 6) is 0.643. The highest BCUT2D eigenvalue weighted by molar-refractivity contribution is 5.76. The lowest BCUT2D eigenvalue weighted by molar-refractivity contribution is -0.122. The molecule has 16 heavy (non-hydrogen) atoms. The predicted octanol–water partition coefficient (Wildman–Crippen LogP) is 0.572. The highest BCUT2D eigenvalue weighted by atomic mass is 16.1.